The van der Waals surface area contributed by atoms with Crippen LogP contribution in [0.3, 0.4) is 0 Å². The van der Waals surface area contributed by atoms with Crippen molar-refractivity contribution >= 4 is 23.5 Å². The fraction of sp³-hybridized carbons (Fsp3) is 0.667. The van der Waals surface area contributed by atoms with Crippen molar-refractivity contribution in [3.63, 3.8) is 0 Å². The van der Waals surface area contributed by atoms with Gasteiger partial charge in [0.1, 0.15) is 6.04 Å². The van der Waals surface area contributed by atoms with Gasteiger partial charge in [-0.3, -0.25) is 9.59 Å². The Morgan fingerprint density at radius 2 is 1.76 bits per heavy atom. The lowest BCUT2D eigenvalue weighted by atomic mass is 9.49. The van der Waals surface area contributed by atoms with E-state index in [9.17, 15) is 14.4 Å². The van der Waals surface area contributed by atoms with Crippen molar-refractivity contribution in [3.8, 4) is 0 Å². The minimum atomic E-state index is -0.553. The van der Waals surface area contributed by atoms with Crippen molar-refractivity contribution in [2.45, 2.75) is 77.7 Å². The lowest BCUT2D eigenvalue weighted by Gasteiger charge is -2.56. The molecule has 2 amide bonds. The molecule has 4 bridgehead atoms. The van der Waals surface area contributed by atoms with Gasteiger partial charge < -0.3 is 15.0 Å². The van der Waals surface area contributed by atoms with Gasteiger partial charge in [0.15, 0.2) is 6.61 Å². The smallest absolute Gasteiger partial charge is 0.329 e. The third-order valence-corrected chi connectivity index (χ3v) is 8.63. The highest BCUT2D eigenvalue weighted by Gasteiger charge is 2.57. The number of anilines is 1. The molecule has 1 N–H and O–H groups in total. The van der Waals surface area contributed by atoms with Gasteiger partial charge in [0.05, 0.1) is 5.41 Å². The summed E-state index contributed by atoms with van der Waals surface area (Å²) < 4.78 is 5.43. The zero-order valence-electron chi connectivity index (χ0n) is 19.9. The standard InChI is InChI=1S/C27H36N2O4/c1-3-21-7-4-6-17(2)24(21)28-23(30)16-33-25(31)22-8-5-9-29(22)26(32)27-13-18-10-19(14-27)12-20(11-18)15-27/h4,6-7,18-20,22H,3,5,8-16H2,1-2H3,(H,28,30). The summed E-state index contributed by atoms with van der Waals surface area (Å²) in [6.45, 7) is 4.29. The highest BCUT2D eigenvalue weighted by molar-refractivity contribution is 5.95. The maximum atomic E-state index is 13.7. The molecule has 6 rings (SSSR count). The molecular weight excluding hydrogens is 416 g/mol. The molecule has 0 spiro atoms. The first-order valence-corrected chi connectivity index (χ1v) is 12.7. The van der Waals surface area contributed by atoms with Crippen molar-refractivity contribution in [1.29, 1.82) is 0 Å². The molecule has 1 aliphatic heterocycles. The van der Waals surface area contributed by atoms with Crippen LogP contribution in [0.25, 0.3) is 0 Å². The number of ether oxygens (including phenoxy) is 1. The average Bonchev–Trinajstić information content (AvgIpc) is 3.27. The Labute approximate surface area is 196 Å². The predicted molar refractivity (Wildman–Crippen MR) is 125 cm³/mol. The highest BCUT2D eigenvalue weighted by atomic mass is 16.5. The molecule has 178 valence electrons. The van der Waals surface area contributed by atoms with Gasteiger partial charge in [-0.25, -0.2) is 4.79 Å². The molecule has 5 fully saturated rings. The van der Waals surface area contributed by atoms with Crippen LogP contribution >= 0.6 is 0 Å². The summed E-state index contributed by atoms with van der Waals surface area (Å²) in [7, 11) is 0. The van der Waals surface area contributed by atoms with E-state index in [-0.39, 0.29) is 23.8 Å². The Hall–Kier alpha value is -2.37. The van der Waals surface area contributed by atoms with Crippen LogP contribution in [0.15, 0.2) is 18.2 Å². The van der Waals surface area contributed by atoms with E-state index >= 15 is 0 Å². The molecule has 1 aromatic carbocycles. The monoisotopic (exact) mass is 452 g/mol. The van der Waals surface area contributed by atoms with Crippen LogP contribution in [0.5, 0.6) is 0 Å². The fourth-order valence-electron chi connectivity index (χ4n) is 7.54. The van der Waals surface area contributed by atoms with Gasteiger partial charge in [-0.2, -0.15) is 0 Å². The van der Waals surface area contributed by atoms with Crippen molar-refractivity contribution in [2.75, 3.05) is 18.5 Å². The molecule has 0 radical (unpaired) electrons. The number of para-hydroxylation sites is 1. The van der Waals surface area contributed by atoms with Crippen LogP contribution in [-0.4, -0.2) is 41.9 Å². The van der Waals surface area contributed by atoms with E-state index in [2.05, 4.69) is 5.32 Å². The summed E-state index contributed by atoms with van der Waals surface area (Å²) in [5.41, 5.74) is 2.58. The largest absolute Gasteiger partial charge is 0.454 e. The first-order valence-electron chi connectivity index (χ1n) is 12.7. The molecule has 5 aliphatic rings. The quantitative estimate of drug-likeness (QED) is 0.655. The average molecular weight is 453 g/mol. The highest BCUT2D eigenvalue weighted by Crippen LogP contribution is 2.60. The van der Waals surface area contributed by atoms with E-state index in [1.54, 1.807) is 4.90 Å². The van der Waals surface area contributed by atoms with E-state index in [0.717, 1.165) is 48.9 Å². The Morgan fingerprint density at radius 1 is 1.09 bits per heavy atom. The van der Waals surface area contributed by atoms with E-state index in [0.29, 0.717) is 30.7 Å². The lowest BCUT2D eigenvalue weighted by molar-refractivity contribution is -0.165. The number of hydrogen-bond donors (Lipinski definition) is 1. The number of benzene rings is 1. The number of rotatable bonds is 6. The second kappa shape index (κ2) is 8.77. The number of aryl methyl sites for hydroxylation is 2. The third-order valence-electron chi connectivity index (χ3n) is 8.63. The molecule has 6 heteroatoms. The Kier molecular flexibility index (Phi) is 5.96. The second-order valence-corrected chi connectivity index (χ2v) is 11.0. The van der Waals surface area contributed by atoms with Crippen molar-refractivity contribution in [3.05, 3.63) is 29.3 Å². The zero-order chi connectivity index (χ0) is 23.2. The summed E-state index contributed by atoms with van der Waals surface area (Å²) in [6, 6.07) is 5.36. The van der Waals surface area contributed by atoms with Gasteiger partial charge >= 0.3 is 5.97 Å². The molecular formula is C27H36N2O4. The molecule has 4 aliphatic carbocycles. The molecule has 1 unspecified atom stereocenters. The molecule has 33 heavy (non-hydrogen) atoms. The number of esters is 1. The predicted octanol–water partition coefficient (Wildman–Crippen LogP) is 4.25. The van der Waals surface area contributed by atoms with Gasteiger partial charge in [0, 0.05) is 12.2 Å². The minimum absolute atomic E-state index is 0.179. The molecule has 1 saturated heterocycles. The van der Waals surface area contributed by atoms with Crippen LogP contribution in [0.2, 0.25) is 0 Å². The Balaban J connectivity index is 1.20. The van der Waals surface area contributed by atoms with E-state index in [1.165, 1.54) is 19.3 Å². The van der Waals surface area contributed by atoms with Gasteiger partial charge in [-0.1, -0.05) is 25.1 Å². The molecule has 1 heterocycles. The number of carbonyl (C=O) groups excluding carboxylic acids is 3. The van der Waals surface area contributed by atoms with Gasteiger partial charge in [-0.15, -0.1) is 0 Å². The van der Waals surface area contributed by atoms with Gasteiger partial charge in [0.2, 0.25) is 5.91 Å². The normalized spacial score (nSPS) is 32.1. The summed E-state index contributed by atoms with van der Waals surface area (Å²) in [4.78, 5) is 41.0. The third kappa shape index (κ3) is 4.17. The van der Waals surface area contributed by atoms with E-state index < -0.39 is 12.0 Å². The van der Waals surface area contributed by atoms with Crippen LogP contribution in [0.4, 0.5) is 5.69 Å². The summed E-state index contributed by atoms with van der Waals surface area (Å²) in [5, 5.41) is 2.90. The minimum Gasteiger partial charge on any atom is -0.454 e. The number of amides is 2. The van der Waals surface area contributed by atoms with Crippen LogP contribution in [-0.2, 0) is 25.5 Å². The van der Waals surface area contributed by atoms with Gasteiger partial charge in [-0.05, 0) is 93.6 Å². The molecule has 1 atom stereocenters. The number of likely N-dealkylation sites (tertiary alicyclic amines) is 1. The Morgan fingerprint density at radius 3 is 2.39 bits per heavy atom. The van der Waals surface area contributed by atoms with Crippen molar-refractivity contribution < 1.29 is 19.1 Å². The van der Waals surface area contributed by atoms with Crippen LogP contribution in [0.1, 0.15) is 69.4 Å². The number of carbonyl (C=O) groups is 3. The lowest BCUT2D eigenvalue weighted by Crippen LogP contribution is -2.56. The SMILES string of the molecule is CCc1cccc(C)c1NC(=O)COC(=O)C1CCCN1C(=O)C12CC3CC(CC(C3)C1)C2. The number of nitrogens with one attached hydrogen (secondary N) is 1. The van der Waals surface area contributed by atoms with Crippen molar-refractivity contribution in [1.82, 2.24) is 4.90 Å². The van der Waals surface area contributed by atoms with E-state index in [4.69, 9.17) is 4.74 Å². The summed E-state index contributed by atoms with van der Waals surface area (Å²) in [6.07, 6.45) is 9.08. The summed E-state index contributed by atoms with van der Waals surface area (Å²) >= 11 is 0. The first-order chi connectivity index (χ1) is 15.9. The maximum Gasteiger partial charge on any atom is 0.329 e. The fourth-order valence-corrected chi connectivity index (χ4v) is 7.54. The summed E-state index contributed by atoms with van der Waals surface area (Å²) in [5.74, 6) is 1.45. The Bertz CT molecular complexity index is 920. The second-order valence-electron chi connectivity index (χ2n) is 11.0. The number of nitrogens with zero attached hydrogens (tertiary/aromatic N) is 1. The van der Waals surface area contributed by atoms with Crippen LogP contribution < -0.4 is 5.32 Å². The zero-order valence-corrected chi connectivity index (χ0v) is 19.9. The van der Waals surface area contributed by atoms with Crippen LogP contribution in [0, 0.1) is 30.1 Å². The van der Waals surface area contributed by atoms with Gasteiger partial charge in [0.25, 0.3) is 5.91 Å². The first kappa shape index (κ1) is 22.4. The molecule has 1 aromatic rings. The molecule has 4 saturated carbocycles. The topological polar surface area (TPSA) is 75.7 Å². The number of hydrogen-bond acceptors (Lipinski definition) is 4. The maximum absolute atomic E-state index is 13.7. The molecule has 6 nitrogen and oxygen atoms in total. The van der Waals surface area contributed by atoms with Crippen molar-refractivity contribution in [2.24, 2.45) is 23.2 Å². The van der Waals surface area contributed by atoms with E-state index in [1.807, 2.05) is 32.0 Å². The molecule has 0 aromatic heterocycles.